The molecule has 0 aliphatic carbocycles. The molecule has 3 rings (SSSR count). The molecule has 8 nitrogen and oxygen atoms in total. The molecule has 2 aromatic carbocycles. The molecule has 1 heterocycles. The second-order valence-corrected chi connectivity index (χ2v) is 10.2. The van der Waals surface area contributed by atoms with E-state index in [0.29, 0.717) is 34.9 Å². The predicted molar refractivity (Wildman–Crippen MR) is 137 cm³/mol. The van der Waals surface area contributed by atoms with Gasteiger partial charge in [0.15, 0.2) is 11.6 Å². The summed E-state index contributed by atoms with van der Waals surface area (Å²) in [4.78, 5) is 30.1. The summed E-state index contributed by atoms with van der Waals surface area (Å²) in [5.41, 5.74) is 4.65. The second-order valence-electron chi connectivity index (χ2n) is 9.41. The lowest BCUT2D eigenvalue weighted by atomic mass is 9.83. The zero-order valence-electron chi connectivity index (χ0n) is 20.4. The first kappa shape index (κ1) is 27.8. The number of benzene rings is 2. The standard InChI is InChI=1S/C26H30Cl2N2O6/c1-25(2,3)36-21(32)11-12-26(24(29)33)22(19-10-7-17(27)15-20(19)28)35-23(30-26)16-5-8-18(9-6-16)34-14-4-13-31/h5-10,15,22,31H,4,11-14H2,1-3H3,(H2,29,33)/t22-,26-/m1/s1. The predicted octanol–water partition coefficient (Wildman–Crippen LogP) is 4.62. The molecule has 0 aromatic heterocycles. The van der Waals surface area contributed by atoms with Crippen molar-refractivity contribution in [1.82, 2.24) is 0 Å². The molecular weight excluding hydrogens is 507 g/mol. The van der Waals surface area contributed by atoms with Gasteiger partial charge in [0.05, 0.1) is 6.61 Å². The number of nitrogens with two attached hydrogens (primary N) is 1. The van der Waals surface area contributed by atoms with Gasteiger partial charge in [-0.3, -0.25) is 9.59 Å². The Bertz CT molecular complexity index is 1130. The Morgan fingerprint density at radius 1 is 1.17 bits per heavy atom. The van der Waals surface area contributed by atoms with Crippen LogP contribution in [-0.4, -0.2) is 47.2 Å². The van der Waals surface area contributed by atoms with E-state index in [-0.39, 0.29) is 30.4 Å². The second kappa shape index (κ2) is 11.5. The van der Waals surface area contributed by atoms with Gasteiger partial charge in [-0.15, -0.1) is 0 Å². The first-order valence-corrected chi connectivity index (χ1v) is 12.3. The van der Waals surface area contributed by atoms with Crippen LogP contribution in [0.25, 0.3) is 0 Å². The van der Waals surface area contributed by atoms with E-state index in [2.05, 4.69) is 4.99 Å². The van der Waals surface area contributed by atoms with Crippen molar-refractivity contribution in [2.45, 2.75) is 57.3 Å². The average molecular weight is 537 g/mol. The van der Waals surface area contributed by atoms with E-state index >= 15 is 0 Å². The summed E-state index contributed by atoms with van der Waals surface area (Å²) in [6, 6.07) is 11.7. The lowest BCUT2D eigenvalue weighted by molar-refractivity contribution is -0.155. The Hall–Kier alpha value is -2.81. The molecule has 194 valence electrons. The number of nitrogens with zero attached hydrogens (tertiary/aromatic N) is 1. The number of esters is 1. The number of ether oxygens (including phenoxy) is 3. The minimum absolute atomic E-state index is 0.0376. The number of amides is 1. The fourth-order valence-corrected chi connectivity index (χ4v) is 4.28. The van der Waals surface area contributed by atoms with E-state index in [4.69, 9.17) is 48.3 Å². The van der Waals surface area contributed by atoms with E-state index in [0.717, 1.165) is 0 Å². The highest BCUT2D eigenvalue weighted by Crippen LogP contribution is 2.45. The fraction of sp³-hybridized carbons (Fsp3) is 0.423. The molecule has 0 fully saturated rings. The summed E-state index contributed by atoms with van der Waals surface area (Å²) in [7, 11) is 0. The molecule has 3 N–H and O–H groups in total. The van der Waals surface area contributed by atoms with Gasteiger partial charge < -0.3 is 25.1 Å². The van der Waals surface area contributed by atoms with Gasteiger partial charge in [0.1, 0.15) is 11.4 Å². The molecule has 1 amide bonds. The monoisotopic (exact) mass is 536 g/mol. The maximum atomic E-state index is 12.9. The Morgan fingerprint density at radius 2 is 1.86 bits per heavy atom. The van der Waals surface area contributed by atoms with E-state index in [1.54, 1.807) is 57.2 Å². The van der Waals surface area contributed by atoms with Crippen LogP contribution in [0.4, 0.5) is 0 Å². The number of carbonyl (C=O) groups is 2. The van der Waals surface area contributed by atoms with Crippen molar-refractivity contribution < 1.29 is 28.9 Å². The number of carbonyl (C=O) groups excluding carboxylic acids is 2. The van der Waals surface area contributed by atoms with Crippen molar-refractivity contribution in [2.24, 2.45) is 10.7 Å². The van der Waals surface area contributed by atoms with Gasteiger partial charge in [-0.05, 0) is 63.6 Å². The molecule has 10 heteroatoms. The van der Waals surface area contributed by atoms with Gasteiger partial charge in [-0.2, -0.15) is 0 Å². The zero-order valence-corrected chi connectivity index (χ0v) is 21.9. The summed E-state index contributed by atoms with van der Waals surface area (Å²) in [6.07, 6.45) is -0.635. The molecule has 0 spiro atoms. The summed E-state index contributed by atoms with van der Waals surface area (Å²) >= 11 is 12.5. The van der Waals surface area contributed by atoms with Crippen LogP contribution >= 0.6 is 23.2 Å². The summed E-state index contributed by atoms with van der Waals surface area (Å²) in [5.74, 6) is -0.469. The number of aliphatic imine (C=N–C) groups is 1. The van der Waals surface area contributed by atoms with Crippen molar-refractivity contribution in [3.63, 3.8) is 0 Å². The fourth-order valence-electron chi connectivity index (χ4n) is 3.77. The van der Waals surface area contributed by atoms with Crippen molar-refractivity contribution in [3.8, 4) is 5.75 Å². The van der Waals surface area contributed by atoms with Gasteiger partial charge in [0.2, 0.25) is 11.8 Å². The van der Waals surface area contributed by atoms with Crippen LogP contribution in [-0.2, 0) is 19.1 Å². The van der Waals surface area contributed by atoms with Crippen LogP contribution in [0.3, 0.4) is 0 Å². The number of hydrogen-bond donors (Lipinski definition) is 2. The summed E-state index contributed by atoms with van der Waals surface area (Å²) in [5, 5.41) is 9.61. The largest absolute Gasteiger partial charge is 0.494 e. The SMILES string of the molecule is CC(C)(C)OC(=O)CC[C@@]1(C(N)=O)N=C(c2ccc(OCCCO)cc2)O[C@@H]1c1ccc(Cl)cc1Cl. The van der Waals surface area contributed by atoms with E-state index < -0.39 is 29.1 Å². The van der Waals surface area contributed by atoms with Gasteiger partial charge in [0.25, 0.3) is 0 Å². The Balaban J connectivity index is 1.97. The Kier molecular flexibility index (Phi) is 8.87. The van der Waals surface area contributed by atoms with Gasteiger partial charge in [0, 0.05) is 40.6 Å². The summed E-state index contributed by atoms with van der Waals surface area (Å²) < 4.78 is 17.2. The smallest absolute Gasteiger partial charge is 0.306 e. The van der Waals surface area contributed by atoms with Gasteiger partial charge in [-0.25, -0.2) is 4.99 Å². The highest BCUT2D eigenvalue weighted by molar-refractivity contribution is 6.35. The van der Waals surface area contributed by atoms with Crippen LogP contribution in [0.5, 0.6) is 5.75 Å². The quantitative estimate of drug-likeness (QED) is 0.337. The van der Waals surface area contributed by atoms with E-state index in [1.165, 1.54) is 6.07 Å². The van der Waals surface area contributed by atoms with E-state index in [9.17, 15) is 9.59 Å². The number of aliphatic hydroxyl groups excluding tert-OH is 1. The summed E-state index contributed by atoms with van der Waals surface area (Å²) in [6.45, 7) is 5.70. The molecule has 36 heavy (non-hydrogen) atoms. The first-order chi connectivity index (χ1) is 16.9. The maximum absolute atomic E-state index is 12.9. The van der Waals surface area contributed by atoms with Crippen molar-refractivity contribution >= 4 is 41.0 Å². The number of primary amides is 1. The topological polar surface area (TPSA) is 120 Å². The van der Waals surface area contributed by atoms with Crippen LogP contribution < -0.4 is 10.5 Å². The number of rotatable bonds is 10. The Morgan fingerprint density at radius 3 is 2.44 bits per heavy atom. The van der Waals surface area contributed by atoms with Gasteiger partial charge >= 0.3 is 5.97 Å². The molecule has 0 saturated heterocycles. The molecule has 0 radical (unpaired) electrons. The molecule has 0 bridgehead atoms. The van der Waals surface area contributed by atoms with E-state index in [1.807, 2.05) is 0 Å². The van der Waals surface area contributed by atoms with Crippen molar-refractivity contribution in [2.75, 3.05) is 13.2 Å². The van der Waals surface area contributed by atoms with Crippen LogP contribution in [0, 0.1) is 0 Å². The zero-order chi connectivity index (χ0) is 26.5. The average Bonchev–Trinajstić information content (AvgIpc) is 3.18. The highest BCUT2D eigenvalue weighted by Gasteiger charge is 2.53. The lowest BCUT2D eigenvalue weighted by Crippen LogP contribution is -2.46. The molecule has 2 aromatic rings. The van der Waals surface area contributed by atoms with Crippen LogP contribution in [0.15, 0.2) is 47.5 Å². The normalized spacial score (nSPS) is 19.4. The Labute approximate surface area is 220 Å². The third-order valence-corrected chi connectivity index (χ3v) is 6.00. The van der Waals surface area contributed by atoms with Crippen molar-refractivity contribution in [3.05, 3.63) is 63.6 Å². The lowest BCUT2D eigenvalue weighted by Gasteiger charge is -2.29. The number of aliphatic hydroxyl groups is 1. The minimum atomic E-state index is -1.61. The third kappa shape index (κ3) is 6.69. The van der Waals surface area contributed by atoms with Crippen LogP contribution in [0.1, 0.15) is 57.3 Å². The highest BCUT2D eigenvalue weighted by atomic mass is 35.5. The molecule has 0 unspecified atom stereocenters. The molecule has 0 saturated carbocycles. The first-order valence-electron chi connectivity index (χ1n) is 11.5. The molecule has 1 aliphatic rings. The molecular formula is C26H30Cl2N2O6. The maximum Gasteiger partial charge on any atom is 0.306 e. The number of halogens is 2. The van der Waals surface area contributed by atoms with Crippen LogP contribution in [0.2, 0.25) is 10.0 Å². The molecule has 2 atom stereocenters. The number of hydrogen-bond acceptors (Lipinski definition) is 7. The third-order valence-electron chi connectivity index (χ3n) is 5.44. The van der Waals surface area contributed by atoms with Crippen molar-refractivity contribution in [1.29, 1.82) is 0 Å². The van der Waals surface area contributed by atoms with Gasteiger partial charge in [-0.1, -0.05) is 29.3 Å². The molecule has 1 aliphatic heterocycles. The minimum Gasteiger partial charge on any atom is -0.494 e.